The number of imide groups is 1. The van der Waals surface area contributed by atoms with Crippen LogP contribution in [0.3, 0.4) is 0 Å². The van der Waals surface area contributed by atoms with Gasteiger partial charge in [0, 0.05) is 101 Å². The van der Waals surface area contributed by atoms with Gasteiger partial charge in [0.05, 0.1) is 63.1 Å². The Morgan fingerprint density at radius 3 is 1.97 bits per heavy atom. The second kappa shape index (κ2) is 30.4. The number of rotatable bonds is 30. The van der Waals surface area contributed by atoms with Crippen LogP contribution in [0.2, 0.25) is 0 Å². The molecule has 2 aliphatic heterocycles. The number of likely N-dealkylation sites (N-methyl/N-ethyl adjacent to an activating group) is 1. The Hall–Kier alpha value is -5.44. The van der Waals surface area contributed by atoms with Crippen LogP contribution >= 0.6 is 0 Å². The van der Waals surface area contributed by atoms with E-state index >= 15 is 0 Å². The Balaban J connectivity index is 1.60. The SMILES string of the molecule is CC[C@H](C)C([C@@H](CC(=O)N1CCC[C@H]1[C@H](OC)[C@@H](C)C(=O)N[C@@H](Cc1ccccc1)C(=O)NCCOCCOCCNC(=O)CCN1C(=O)C=CC1=O)OC)N(C)C(=O)[C@@H](N=C(N(C)C)N(C)C)C(C)C. The first-order chi connectivity index (χ1) is 33.8. The van der Waals surface area contributed by atoms with E-state index < -0.39 is 65.9 Å². The number of aliphatic imine (C=N–C) groups is 1. The van der Waals surface area contributed by atoms with Gasteiger partial charge in [0.1, 0.15) is 12.1 Å². The van der Waals surface area contributed by atoms with Gasteiger partial charge in [-0.05, 0) is 30.2 Å². The number of likely N-dealkylation sites (tertiary alicyclic amines) is 1. The quantitative estimate of drug-likeness (QED) is 0.0433. The van der Waals surface area contributed by atoms with E-state index in [0.717, 1.165) is 16.9 Å². The third-order valence-electron chi connectivity index (χ3n) is 13.1. The minimum Gasteiger partial charge on any atom is -0.379 e. The first kappa shape index (κ1) is 59.9. The van der Waals surface area contributed by atoms with Crippen LogP contribution < -0.4 is 16.0 Å². The first-order valence-electron chi connectivity index (χ1n) is 24.9. The molecular formula is C51H83N9O11. The van der Waals surface area contributed by atoms with E-state index in [1.54, 1.807) is 30.9 Å². The molecule has 8 atom stereocenters. The van der Waals surface area contributed by atoms with Gasteiger partial charge in [-0.2, -0.15) is 0 Å². The number of methoxy groups -OCH3 is 2. The summed E-state index contributed by atoms with van der Waals surface area (Å²) in [4.78, 5) is 105. The summed E-state index contributed by atoms with van der Waals surface area (Å²) in [6.07, 6.45) is 3.33. The van der Waals surface area contributed by atoms with Gasteiger partial charge in [-0.3, -0.25) is 38.5 Å². The second-order valence-electron chi connectivity index (χ2n) is 19.0. The maximum atomic E-state index is 14.4. The topological polar surface area (TPSA) is 221 Å². The van der Waals surface area contributed by atoms with Crippen molar-refractivity contribution in [2.45, 2.75) is 110 Å². The van der Waals surface area contributed by atoms with Gasteiger partial charge in [0.15, 0.2) is 5.96 Å². The molecule has 1 aromatic rings. The third-order valence-corrected chi connectivity index (χ3v) is 13.1. The van der Waals surface area contributed by atoms with E-state index in [2.05, 4.69) is 29.8 Å². The summed E-state index contributed by atoms with van der Waals surface area (Å²) < 4.78 is 23.3. The number of amides is 7. The number of benzene rings is 1. The minimum atomic E-state index is -0.921. The van der Waals surface area contributed by atoms with Crippen molar-refractivity contribution in [2.75, 3.05) is 102 Å². The molecule has 0 aromatic heterocycles. The molecule has 2 heterocycles. The second-order valence-corrected chi connectivity index (χ2v) is 19.0. The van der Waals surface area contributed by atoms with Crippen molar-refractivity contribution in [1.29, 1.82) is 0 Å². The summed E-state index contributed by atoms with van der Waals surface area (Å²) in [6, 6.07) is 6.94. The molecule has 7 amide bonds. The monoisotopic (exact) mass is 998 g/mol. The molecule has 0 aliphatic carbocycles. The van der Waals surface area contributed by atoms with Crippen LogP contribution in [0.5, 0.6) is 0 Å². The minimum absolute atomic E-state index is 0.00597. The number of ether oxygens (including phenoxy) is 4. The molecule has 1 aromatic carbocycles. The van der Waals surface area contributed by atoms with E-state index in [-0.39, 0.29) is 94.9 Å². The normalized spacial score (nSPS) is 17.5. The number of nitrogens with one attached hydrogen (secondary N) is 3. The number of carbonyl (C=O) groups is 7. The van der Waals surface area contributed by atoms with Crippen LogP contribution in [0, 0.1) is 17.8 Å². The fourth-order valence-corrected chi connectivity index (χ4v) is 9.03. The summed E-state index contributed by atoms with van der Waals surface area (Å²) in [5, 5.41) is 8.52. The molecule has 0 saturated carbocycles. The smallest absolute Gasteiger partial charge is 0.253 e. The average molecular weight is 998 g/mol. The Morgan fingerprint density at radius 2 is 1.42 bits per heavy atom. The van der Waals surface area contributed by atoms with Crippen LogP contribution in [0.15, 0.2) is 47.5 Å². The number of guanidine groups is 1. The Morgan fingerprint density at radius 1 is 0.817 bits per heavy atom. The van der Waals surface area contributed by atoms with Crippen LogP contribution in [0.1, 0.15) is 72.3 Å². The average Bonchev–Trinajstić information content (AvgIpc) is 3.95. The summed E-state index contributed by atoms with van der Waals surface area (Å²) in [5.41, 5.74) is 0.852. The van der Waals surface area contributed by atoms with E-state index in [1.807, 2.05) is 82.2 Å². The molecule has 0 spiro atoms. The van der Waals surface area contributed by atoms with Gasteiger partial charge in [0.25, 0.3) is 11.8 Å². The Labute approximate surface area is 421 Å². The van der Waals surface area contributed by atoms with Crippen LogP contribution in [0.4, 0.5) is 0 Å². The molecule has 71 heavy (non-hydrogen) atoms. The van der Waals surface area contributed by atoms with Gasteiger partial charge in [-0.1, -0.05) is 71.4 Å². The molecular weight excluding hydrogens is 915 g/mol. The van der Waals surface area contributed by atoms with Gasteiger partial charge in [0.2, 0.25) is 29.5 Å². The number of hydrogen-bond acceptors (Lipinski definition) is 12. The number of nitrogens with zero attached hydrogens (tertiary/aromatic N) is 6. The predicted molar refractivity (Wildman–Crippen MR) is 270 cm³/mol. The molecule has 1 unspecified atom stereocenters. The van der Waals surface area contributed by atoms with Crippen molar-refractivity contribution in [3.05, 3.63) is 48.0 Å². The standard InChI is InChI=1S/C51H83N9O11/c1-13-35(4)46(58(10)50(67)45(34(2)3)55-51(56(6)7)57(8)9)40(68-11)33-44(64)59-26-17-20-39(59)47(69-12)36(5)48(65)54-38(32-37-18-15-14-16-19-37)49(66)53-25-29-71-31-30-70-28-24-52-41(61)23-27-60-42(62)21-22-43(60)63/h14-16,18-19,21-22,34-36,38-40,45-47H,13,17,20,23-33H2,1-12H3,(H,52,61)(H,53,66)(H,54,65)/t35-,36+,38-,39-,40+,45-,46?,47+/m0/s1. The van der Waals surface area contributed by atoms with E-state index in [1.165, 1.54) is 19.3 Å². The van der Waals surface area contributed by atoms with Gasteiger partial charge >= 0.3 is 0 Å². The highest BCUT2D eigenvalue weighted by molar-refractivity contribution is 6.13. The van der Waals surface area contributed by atoms with Gasteiger partial charge in [-0.25, -0.2) is 4.99 Å². The molecule has 1 saturated heterocycles. The van der Waals surface area contributed by atoms with Gasteiger partial charge in [-0.15, -0.1) is 0 Å². The molecule has 2 aliphatic rings. The largest absolute Gasteiger partial charge is 0.379 e. The lowest BCUT2D eigenvalue weighted by Gasteiger charge is -2.40. The maximum absolute atomic E-state index is 14.4. The lowest BCUT2D eigenvalue weighted by molar-refractivity contribution is -0.146. The van der Waals surface area contributed by atoms with Crippen LogP contribution in [-0.4, -0.2) is 210 Å². The molecule has 3 N–H and O–H groups in total. The fourth-order valence-electron chi connectivity index (χ4n) is 9.03. The summed E-state index contributed by atoms with van der Waals surface area (Å²) in [5.74, 6) is -2.47. The zero-order chi connectivity index (χ0) is 52.8. The van der Waals surface area contributed by atoms with Crippen molar-refractivity contribution < 1.29 is 52.5 Å². The number of hydrogen-bond donors (Lipinski definition) is 3. The van der Waals surface area contributed by atoms with Crippen molar-refractivity contribution >= 4 is 47.3 Å². The van der Waals surface area contributed by atoms with Gasteiger partial charge < -0.3 is 54.5 Å². The van der Waals surface area contributed by atoms with E-state index in [0.29, 0.717) is 25.3 Å². The molecule has 3 rings (SSSR count). The van der Waals surface area contributed by atoms with Crippen molar-refractivity contribution in [3.63, 3.8) is 0 Å². The predicted octanol–water partition coefficient (Wildman–Crippen LogP) is 1.72. The fraction of sp³-hybridized carbons (Fsp3) is 0.686. The Bertz CT molecular complexity index is 1920. The highest BCUT2D eigenvalue weighted by atomic mass is 16.5. The zero-order valence-electron chi connectivity index (χ0n) is 44.3. The summed E-state index contributed by atoms with van der Waals surface area (Å²) >= 11 is 0. The van der Waals surface area contributed by atoms with Crippen LogP contribution in [-0.2, 0) is 58.9 Å². The molecule has 1 fully saturated rings. The molecule has 0 bridgehead atoms. The van der Waals surface area contributed by atoms with Crippen molar-refractivity contribution in [2.24, 2.45) is 22.7 Å². The Kier molecular flexibility index (Phi) is 25.7. The molecule has 0 radical (unpaired) electrons. The lowest BCUT2D eigenvalue weighted by Crippen LogP contribution is -2.55. The number of carbonyl (C=O) groups excluding carboxylic acids is 7. The van der Waals surface area contributed by atoms with Crippen molar-refractivity contribution in [1.82, 2.24) is 40.4 Å². The summed E-state index contributed by atoms with van der Waals surface area (Å²) in [6.45, 7) is 11.6. The first-order valence-corrected chi connectivity index (χ1v) is 24.9. The van der Waals surface area contributed by atoms with Crippen molar-refractivity contribution in [3.8, 4) is 0 Å². The molecule has 20 nitrogen and oxygen atoms in total. The molecule has 20 heteroatoms. The third kappa shape index (κ3) is 18.3. The zero-order valence-corrected chi connectivity index (χ0v) is 44.3. The highest BCUT2D eigenvalue weighted by Gasteiger charge is 2.43. The van der Waals surface area contributed by atoms with Crippen LogP contribution in [0.25, 0.3) is 0 Å². The maximum Gasteiger partial charge on any atom is 0.253 e. The molecule has 398 valence electrons. The highest BCUT2D eigenvalue weighted by Crippen LogP contribution is 2.30. The lowest BCUT2D eigenvalue weighted by atomic mass is 9.89. The summed E-state index contributed by atoms with van der Waals surface area (Å²) in [7, 11) is 12.4. The van der Waals surface area contributed by atoms with E-state index in [9.17, 15) is 33.6 Å². The van der Waals surface area contributed by atoms with E-state index in [4.69, 9.17) is 23.9 Å².